The van der Waals surface area contributed by atoms with Gasteiger partial charge in [-0.2, -0.15) is 0 Å². The van der Waals surface area contributed by atoms with Gasteiger partial charge in [-0.3, -0.25) is 0 Å². The van der Waals surface area contributed by atoms with Crippen molar-refractivity contribution < 1.29 is 0 Å². The van der Waals surface area contributed by atoms with E-state index < -0.39 is 0 Å². The van der Waals surface area contributed by atoms with Crippen LogP contribution in [0.3, 0.4) is 0 Å². The van der Waals surface area contributed by atoms with E-state index in [4.69, 9.17) is 11.5 Å². The number of hydrogen-bond donors (Lipinski definition) is 3. The lowest BCUT2D eigenvalue weighted by molar-refractivity contribution is 0.723. The SMILES string of the molecule is NC[C@H](N)c1ccccc1S. The number of nitrogens with two attached hydrogens (primary N) is 2. The molecule has 0 heterocycles. The molecule has 60 valence electrons. The zero-order valence-electron chi connectivity index (χ0n) is 6.20. The van der Waals surface area contributed by atoms with Crippen molar-refractivity contribution in [2.45, 2.75) is 10.9 Å². The molecule has 4 N–H and O–H groups in total. The quantitative estimate of drug-likeness (QED) is 0.575. The summed E-state index contributed by atoms with van der Waals surface area (Å²) in [7, 11) is 0. The van der Waals surface area contributed by atoms with Crippen LogP contribution >= 0.6 is 12.6 Å². The van der Waals surface area contributed by atoms with E-state index in [-0.39, 0.29) is 6.04 Å². The first kappa shape index (κ1) is 8.59. The van der Waals surface area contributed by atoms with Gasteiger partial charge in [0.1, 0.15) is 0 Å². The van der Waals surface area contributed by atoms with Crippen molar-refractivity contribution in [1.82, 2.24) is 0 Å². The lowest BCUT2D eigenvalue weighted by atomic mass is 10.1. The summed E-state index contributed by atoms with van der Waals surface area (Å²) in [5.74, 6) is 0. The molecule has 0 saturated carbocycles. The van der Waals surface area contributed by atoms with E-state index in [0.29, 0.717) is 6.54 Å². The van der Waals surface area contributed by atoms with Crippen LogP contribution in [0.2, 0.25) is 0 Å². The third-order valence-electron chi connectivity index (χ3n) is 1.59. The number of thiol groups is 1. The Hall–Kier alpha value is -0.510. The van der Waals surface area contributed by atoms with Crippen LogP contribution in [0.5, 0.6) is 0 Å². The van der Waals surface area contributed by atoms with Crippen LogP contribution in [0.4, 0.5) is 0 Å². The van der Waals surface area contributed by atoms with Gasteiger partial charge in [-0.05, 0) is 11.6 Å². The maximum Gasteiger partial charge on any atom is 0.0430 e. The minimum Gasteiger partial charge on any atom is -0.329 e. The fourth-order valence-corrected chi connectivity index (χ4v) is 1.25. The first-order valence-corrected chi connectivity index (χ1v) is 3.94. The summed E-state index contributed by atoms with van der Waals surface area (Å²) in [6, 6.07) is 7.62. The Kier molecular flexibility index (Phi) is 2.93. The molecule has 0 bridgehead atoms. The highest BCUT2D eigenvalue weighted by atomic mass is 32.1. The van der Waals surface area contributed by atoms with Gasteiger partial charge in [-0.25, -0.2) is 0 Å². The molecule has 0 unspecified atom stereocenters. The second kappa shape index (κ2) is 3.76. The zero-order valence-corrected chi connectivity index (χ0v) is 7.09. The first-order chi connectivity index (χ1) is 5.25. The summed E-state index contributed by atoms with van der Waals surface area (Å²) in [5.41, 5.74) is 12.1. The maximum absolute atomic E-state index is 5.72. The van der Waals surface area contributed by atoms with Crippen molar-refractivity contribution in [3.05, 3.63) is 29.8 Å². The summed E-state index contributed by atoms with van der Waals surface area (Å²) in [5, 5.41) is 0. The number of benzene rings is 1. The standard InChI is InChI=1S/C8H12N2S/c9-5-7(10)6-3-1-2-4-8(6)11/h1-4,7,11H,5,9-10H2/t7-/m0/s1. The molecular weight excluding hydrogens is 156 g/mol. The van der Waals surface area contributed by atoms with Crippen molar-refractivity contribution >= 4 is 12.6 Å². The second-order valence-electron chi connectivity index (χ2n) is 2.40. The predicted molar refractivity (Wildman–Crippen MR) is 49.7 cm³/mol. The lowest BCUT2D eigenvalue weighted by Crippen LogP contribution is -2.21. The Morgan fingerprint density at radius 2 is 2.00 bits per heavy atom. The Labute approximate surface area is 72.0 Å². The second-order valence-corrected chi connectivity index (χ2v) is 2.88. The lowest BCUT2D eigenvalue weighted by Gasteiger charge is -2.10. The Bertz CT molecular complexity index is 237. The molecule has 1 rings (SSSR count). The van der Waals surface area contributed by atoms with Gasteiger partial charge < -0.3 is 11.5 Å². The average Bonchev–Trinajstić information content (AvgIpc) is 2.04. The fraction of sp³-hybridized carbons (Fsp3) is 0.250. The van der Waals surface area contributed by atoms with Gasteiger partial charge in [-0.1, -0.05) is 18.2 Å². The van der Waals surface area contributed by atoms with Crippen molar-refractivity contribution in [3.63, 3.8) is 0 Å². The van der Waals surface area contributed by atoms with Gasteiger partial charge in [-0.15, -0.1) is 12.6 Å². The third-order valence-corrected chi connectivity index (χ3v) is 2.00. The fourth-order valence-electron chi connectivity index (χ4n) is 0.928. The van der Waals surface area contributed by atoms with Crippen LogP contribution in [0, 0.1) is 0 Å². The number of rotatable bonds is 2. The van der Waals surface area contributed by atoms with E-state index in [1.165, 1.54) is 0 Å². The summed E-state index contributed by atoms with van der Waals surface area (Å²) >= 11 is 4.26. The molecule has 3 heteroatoms. The van der Waals surface area contributed by atoms with Crippen molar-refractivity contribution in [2.75, 3.05) is 6.54 Å². The summed E-state index contributed by atoms with van der Waals surface area (Å²) in [6.07, 6.45) is 0. The van der Waals surface area contributed by atoms with E-state index in [1.807, 2.05) is 24.3 Å². The largest absolute Gasteiger partial charge is 0.329 e. The summed E-state index contributed by atoms with van der Waals surface area (Å²) in [4.78, 5) is 0.908. The first-order valence-electron chi connectivity index (χ1n) is 3.49. The van der Waals surface area contributed by atoms with E-state index in [1.54, 1.807) is 0 Å². The smallest absolute Gasteiger partial charge is 0.0430 e. The molecule has 0 amide bonds. The molecule has 1 atom stereocenters. The van der Waals surface area contributed by atoms with Gasteiger partial charge in [0, 0.05) is 17.5 Å². The molecule has 2 nitrogen and oxygen atoms in total. The molecule has 1 aromatic carbocycles. The Balaban J connectivity index is 2.93. The molecule has 0 radical (unpaired) electrons. The monoisotopic (exact) mass is 168 g/mol. The van der Waals surface area contributed by atoms with Crippen LogP contribution in [-0.2, 0) is 0 Å². The number of hydrogen-bond acceptors (Lipinski definition) is 3. The minimum absolute atomic E-state index is 0.0938. The molecule has 0 aliphatic heterocycles. The van der Waals surface area contributed by atoms with Gasteiger partial charge >= 0.3 is 0 Å². The summed E-state index contributed by atoms with van der Waals surface area (Å²) in [6.45, 7) is 0.456. The van der Waals surface area contributed by atoms with E-state index >= 15 is 0 Å². The Morgan fingerprint density at radius 1 is 1.36 bits per heavy atom. The predicted octanol–water partition coefficient (Wildman–Crippen LogP) is 0.934. The van der Waals surface area contributed by atoms with Gasteiger partial charge in [0.15, 0.2) is 0 Å². The molecule has 0 aliphatic rings. The molecule has 0 aromatic heterocycles. The van der Waals surface area contributed by atoms with Crippen LogP contribution in [0.15, 0.2) is 29.2 Å². The molecule has 0 spiro atoms. The molecule has 11 heavy (non-hydrogen) atoms. The highest BCUT2D eigenvalue weighted by molar-refractivity contribution is 7.80. The highest BCUT2D eigenvalue weighted by Crippen LogP contribution is 2.17. The third kappa shape index (κ3) is 1.96. The van der Waals surface area contributed by atoms with Crippen LogP contribution < -0.4 is 11.5 Å². The maximum atomic E-state index is 5.72. The van der Waals surface area contributed by atoms with Gasteiger partial charge in [0.2, 0.25) is 0 Å². The van der Waals surface area contributed by atoms with Gasteiger partial charge in [0.05, 0.1) is 0 Å². The van der Waals surface area contributed by atoms with E-state index in [2.05, 4.69) is 12.6 Å². The van der Waals surface area contributed by atoms with Crippen LogP contribution in [0.1, 0.15) is 11.6 Å². The average molecular weight is 168 g/mol. The molecular formula is C8H12N2S. The van der Waals surface area contributed by atoms with E-state index in [0.717, 1.165) is 10.5 Å². The molecule has 1 aromatic rings. The normalized spacial score (nSPS) is 13.0. The van der Waals surface area contributed by atoms with Crippen LogP contribution in [0.25, 0.3) is 0 Å². The zero-order chi connectivity index (χ0) is 8.27. The van der Waals surface area contributed by atoms with Crippen LogP contribution in [-0.4, -0.2) is 6.54 Å². The van der Waals surface area contributed by atoms with Crippen molar-refractivity contribution in [3.8, 4) is 0 Å². The molecule has 0 aliphatic carbocycles. The minimum atomic E-state index is -0.0938. The Morgan fingerprint density at radius 3 is 2.55 bits per heavy atom. The van der Waals surface area contributed by atoms with Gasteiger partial charge in [0.25, 0.3) is 0 Å². The van der Waals surface area contributed by atoms with Crippen molar-refractivity contribution in [2.24, 2.45) is 11.5 Å². The van der Waals surface area contributed by atoms with Crippen molar-refractivity contribution in [1.29, 1.82) is 0 Å². The highest BCUT2D eigenvalue weighted by Gasteiger charge is 2.04. The molecule has 0 fully saturated rings. The van der Waals surface area contributed by atoms with E-state index in [9.17, 15) is 0 Å². The molecule has 0 saturated heterocycles. The summed E-state index contributed by atoms with van der Waals surface area (Å²) < 4.78 is 0. The topological polar surface area (TPSA) is 52.0 Å².